The van der Waals surface area contributed by atoms with Gasteiger partial charge < -0.3 is 16.0 Å². The van der Waals surface area contributed by atoms with Crippen LogP contribution in [0.1, 0.15) is 33.6 Å². The second-order valence-corrected chi connectivity index (χ2v) is 5.74. The summed E-state index contributed by atoms with van der Waals surface area (Å²) in [6.45, 7) is 7.84. The Morgan fingerprint density at radius 1 is 1.53 bits per heavy atom. The summed E-state index contributed by atoms with van der Waals surface area (Å²) in [4.78, 5) is 14.3. The average molecular weight is 257 g/mol. The molecule has 0 saturated carbocycles. The van der Waals surface area contributed by atoms with E-state index in [-0.39, 0.29) is 18.0 Å². The van der Waals surface area contributed by atoms with Crippen LogP contribution in [0.2, 0.25) is 0 Å². The summed E-state index contributed by atoms with van der Waals surface area (Å²) >= 11 is 4.98. The molecule has 2 amide bonds. The third-order valence-corrected chi connectivity index (χ3v) is 3.45. The molecule has 1 heterocycles. The summed E-state index contributed by atoms with van der Waals surface area (Å²) in [7, 11) is 0. The van der Waals surface area contributed by atoms with Gasteiger partial charge in [-0.25, -0.2) is 4.79 Å². The number of hydrogen-bond acceptors (Lipinski definition) is 2. The summed E-state index contributed by atoms with van der Waals surface area (Å²) in [5.41, 5.74) is 5.64. The molecule has 5 heteroatoms. The quantitative estimate of drug-likeness (QED) is 0.757. The number of hydrogen-bond donors (Lipinski definition) is 2. The molecular weight excluding hydrogens is 234 g/mol. The number of rotatable bonds is 3. The molecule has 3 N–H and O–H groups in total. The first-order valence-electron chi connectivity index (χ1n) is 6.26. The fraction of sp³-hybridized carbons (Fsp3) is 0.833. The fourth-order valence-electron chi connectivity index (χ4n) is 2.16. The molecule has 17 heavy (non-hydrogen) atoms. The van der Waals surface area contributed by atoms with E-state index in [0.29, 0.717) is 10.9 Å². The average Bonchev–Trinajstić information content (AvgIpc) is 2.24. The van der Waals surface area contributed by atoms with Gasteiger partial charge in [-0.15, -0.1) is 0 Å². The number of carbonyl (C=O) groups excluding carboxylic acids is 1. The van der Waals surface area contributed by atoms with Crippen molar-refractivity contribution in [3.05, 3.63) is 0 Å². The Balaban J connectivity index is 2.54. The van der Waals surface area contributed by atoms with Crippen molar-refractivity contribution in [1.82, 2.24) is 10.2 Å². The zero-order valence-electron chi connectivity index (χ0n) is 10.9. The molecule has 1 saturated heterocycles. The van der Waals surface area contributed by atoms with Crippen molar-refractivity contribution in [3.8, 4) is 0 Å². The van der Waals surface area contributed by atoms with Crippen LogP contribution in [0.5, 0.6) is 0 Å². The third kappa shape index (κ3) is 4.15. The van der Waals surface area contributed by atoms with Gasteiger partial charge in [0.1, 0.15) is 0 Å². The number of urea groups is 1. The van der Waals surface area contributed by atoms with Gasteiger partial charge in [-0.1, -0.05) is 33.0 Å². The number of likely N-dealkylation sites (tertiary alicyclic amines) is 1. The van der Waals surface area contributed by atoms with E-state index in [0.717, 1.165) is 19.5 Å². The highest BCUT2D eigenvalue weighted by molar-refractivity contribution is 7.80. The van der Waals surface area contributed by atoms with Crippen molar-refractivity contribution in [2.75, 3.05) is 13.1 Å². The summed E-state index contributed by atoms with van der Waals surface area (Å²) in [6.07, 6.45) is 2.28. The Morgan fingerprint density at radius 3 is 2.65 bits per heavy atom. The van der Waals surface area contributed by atoms with E-state index in [1.54, 1.807) is 0 Å². The third-order valence-electron chi connectivity index (χ3n) is 3.20. The van der Waals surface area contributed by atoms with Gasteiger partial charge >= 0.3 is 6.03 Å². The molecule has 0 bridgehead atoms. The highest BCUT2D eigenvalue weighted by Gasteiger charge is 2.25. The smallest absolute Gasteiger partial charge is 0.317 e. The molecule has 0 aromatic heterocycles. The molecule has 0 spiro atoms. The summed E-state index contributed by atoms with van der Waals surface area (Å²) in [5.74, 6) is 0.801. The molecule has 1 rings (SSSR count). The first-order chi connectivity index (χ1) is 7.91. The molecular formula is C12H23N3OS. The van der Waals surface area contributed by atoms with Crippen LogP contribution in [0.25, 0.3) is 0 Å². The predicted molar refractivity (Wildman–Crippen MR) is 73.9 cm³/mol. The SMILES string of the molecule is CC1CCCN(C(=O)NC(C(N)=S)C(C)C)C1. The topological polar surface area (TPSA) is 58.4 Å². The van der Waals surface area contributed by atoms with Gasteiger partial charge in [-0.3, -0.25) is 0 Å². The minimum absolute atomic E-state index is 0.0388. The number of carbonyl (C=O) groups is 1. The lowest BCUT2D eigenvalue weighted by Crippen LogP contribution is -2.53. The molecule has 0 aromatic rings. The van der Waals surface area contributed by atoms with E-state index >= 15 is 0 Å². The van der Waals surface area contributed by atoms with Gasteiger partial charge in [0, 0.05) is 13.1 Å². The second-order valence-electron chi connectivity index (χ2n) is 5.27. The standard InChI is InChI=1S/C12H23N3OS/c1-8(2)10(11(13)17)14-12(16)15-6-4-5-9(3)7-15/h8-10H,4-7H2,1-3H3,(H2,13,17)(H,14,16). The molecule has 1 fully saturated rings. The van der Waals surface area contributed by atoms with E-state index in [4.69, 9.17) is 18.0 Å². The largest absolute Gasteiger partial charge is 0.392 e. The van der Waals surface area contributed by atoms with Crippen LogP contribution in [0, 0.1) is 11.8 Å². The van der Waals surface area contributed by atoms with E-state index in [1.807, 2.05) is 18.7 Å². The van der Waals surface area contributed by atoms with Crippen LogP contribution in [0.4, 0.5) is 4.79 Å². The molecule has 0 aliphatic carbocycles. The van der Waals surface area contributed by atoms with Gasteiger partial charge in [-0.2, -0.15) is 0 Å². The second kappa shape index (κ2) is 6.19. The Kier molecular flexibility index (Phi) is 5.18. The fourth-order valence-corrected chi connectivity index (χ4v) is 2.50. The Morgan fingerprint density at radius 2 is 2.18 bits per heavy atom. The van der Waals surface area contributed by atoms with Gasteiger partial charge in [0.25, 0.3) is 0 Å². The molecule has 0 aromatic carbocycles. The maximum Gasteiger partial charge on any atom is 0.317 e. The number of nitrogens with zero attached hydrogens (tertiary/aromatic N) is 1. The van der Waals surface area contributed by atoms with E-state index in [1.165, 1.54) is 6.42 Å². The zero-order valence-corrected chi connectivity index (χ0v) is 11.7. The Bertz CT molecular complexity index is 293. The minimum atomic E-state index is -0.213. The van der Waals surface area contributed by atoms with Crippen LogP contribution < -0.4 is 11.1 Å². The van der Waals surface area contributed by atoms with Crippen LogP contribution in [-0.4, -0.2) is 35.1 Å². The molecule has 2 atom stereocenters. The lowest BCUT2D eigenvalue weighted by Gasteiger charge is -2.33. The van der Waals surface area contributed by atoms with Crippen molar-refractivity contribution < 1.29 is 4.79 Å². The number of amides is 2. The first-order valence-corrected chi connectivity index (χ1v) is 6.67. The van der Waals surface area contributed by atoms with E-state index in [2.05, 4.69) is 12.2 Å². The Hall–Kier alpha value is -0.840. The monoisotopic (exact) mass is 257 g/mol. The summed E-state index contributed by atoms with van der Waals surface area (Å²) in [6, 6.07) is -0.252. The minimum Gasteiger partial charge on any atom is -0.392 e. The molecule has 98 valence electrons. The van der Waals surface area contributed by atoms with Crippen molar-refractivity contribution >= 4 is 23.2 Å². The molecule has 0 radical (unpaired) electrons. The zero-order chi connectivity index (χ0) is 13.0. The normalized spacial score (nSPS) is 22.4. The number of piperidine rings is 1. The van der Waals surface area contributed by atoms with Crippen LogP contribution >= 0.6 is 12.2 Å². The van der Waals surface area contributed by atoms with Crippen molar-refractivity contribution in [1.29, 1.82) is 0 Å². The maximum atomic E-state index is 12.1. The summed E-state index contributed by atoms with van der Waals surface area (Å²) < 4.78 is 0. The van der Waals surface area contributed by atoms with Crippen LogP contribution in [-0.2, 0) is 0 Å². The van der Waals surface area contributed by atoms with Gasteiger partial charge in [0.05, 0.1) is 11.0 Å². The van der Waals surface area contributed by atoms with E-state index < -0.39 is 0 Å². The first kappa shape index (κ1) is 14.2. The lowest BCUT2D eigenvalue weighted by atomic mass is 10.0. The maximum absolute atomic E-state index is 12.1. The van der Waals surface area contributed by atoms with Crippen molar-refractivity contribution in [3.63, 3.8) is 0 Å². The van der Waals surface area contributed by atoms with Crippen molar-refractivity contribution in [2.24, 2.45) is 17.6 Å². The lowest BCUT2D eigenvalue weighted by molar-refractivity contribution is 0.167. The van der Waals surface area contributed by atoms with E-state index in [9.17, 15) is 4.79 Å². The van der Waals surface area contributed by atoms with Gasteiger partial charge in [-0.05, 0) is 24.7 Å². The number of nitrogens with one attached hydrogen (secondary N) is 1. The molecule has 4 nitrogen and oxygen atoms in total. The predicted octanol–water partition coefficient (Wildman–Crippen LogP) is 1.74. The number of nitrogens with two attached hydrogens (primary N) is 1. The highest BCUT2D eigenvalue weighted by Crippen LogP contribution is 2.15. The number of thiocarbonyl (C=S) groups is 1. The highest BCUT2D eigenvalue weighted by atomic mass is 32.1. The molecule has 1 aliphatic heterocycles. The van der Waals surface area contributed by atoms with Gasteiger partial charge in [0.15, 0.2) is 0 Å². The van der Waals surface area contributed by atoms with Crippen LogP contribution in [0.15, 0.2) is 0 Å². The van der Waals surface area contributed by atoms with Gasteiger partial charge in [0.2, 0.25) is 0 Å². The molecule has 1 aliphatic rings. The Labute approximate surface area is 109 Å². The molecule has 2 unspecified atom stereocenters. The van der Waals surface area contributed by atoms with Crippen LogP contribution in [0.3, 0.4) is 0 Å². The van der Waals surface area contributed by atoms with Crippen molar-refractivity contribution in [2.45, 2.75) is 39.7 Å². The summed E-state index contributed by atoms with van der Waals surface area (Å²) in [5, 5.41) is 2.93.